The van der Waals surface area contributed by atoms with Crippen molar-refractivity contribution >= 4 is 23.4 Å². The quantitative estimate of drug-likeness (QED) is 0.754. The topological polar surface area (TPSA) is 115 Å². The van der Waals surface area contributed by atoms with Gasteiger partial charge in [0.15, 0.2) is 0 Å². The first-order chi connectivity index (χ1) is 14.2. The van der Waals surface area contributed by atoms with E-state index < -0.39 is 0 Å². The van der Waals surface area contributed by atoms with Gasteiger partial charge in [-0.1, -0.05) is 12.1 Å². The summed E-state index contributed by atoms with van der Waals surface area (Å²) >= 11 is 0. The maximum atomic E-state index is 12.4. The van der Waals surface area contributed by atoms with Crippen molar-refractivity contribution in [1.82, 2.24) is 9.97 Å². The maximum Gasteiger partial charge on any atom is 0.282 e. The smallest absolute Gasteiger partial charge is 0.282 e. The van der Waals surface area contributed by atoms with Gasteiger partial charge in [-0.05, 0) is 30.5 Å². The number of nitrogens with one attached hydrogen (secondary N) is 1. The molecule has 1 amide bonds. The lowest BCUT2D eigenvalue weighted by atomic mass is 10.1. The van der Waals surface area contributed by atoms with Crippen LogP contribution in [-0.4, -0.2) is 60.8 Å². The predicted octanol–water partition coefficient (Wildman–Crippen LogP) is 1.21. The molecule has 1 unspecified atom stereocenters. The van der Waals surface area contributed by atoms with Crippen molar-refractivity contribution in [3.8, 4) is 0 Å². The number of aromatic nitrogens is 2. The highest BCUT2D eigenvalue weighted by Gasteiger charge is 2.17. The first kappa shape index (κ1) is 19.1. The number of amides is 1. The highest BCUT2D eigenvalue weighted by atomic mass is 16.5. The first-order valence-corrected chi connectivity index (χ1v) is 9.68. The van der Waals surface area contributed by atoms with Gasteiger partial charge in [0.05, 0.1) is 31.6 Å². The third-order valence-electron chi connectivity index (χ3n) is 4.92. The van der Waals surface area contributed by atoms with E-state index in [1.807, 2.05) is 24.3 Å². The van der Waals surface area contributed by atoms with E-state index in [2.05, 4.69) is 25.2 Å². The molecule has 29 heavy (non-hydrogen) atoms. The Hall–Kier alpha value is -3.20. The normalized spacial score (nSPS) is 18.8. The Kier molecular flexibility index (Phi) is 5.85. The van der Waals surface area contributed by atoms with E-state index in [1.165, 1.54) is 11.8 Å². The lowest BCUT2D eigenvalue weighted by Crippen LogP contribution is -2.36. The van der Waals surface area contributed by atoms with Gasteiger partial charge in [-0.2, -0.15) is 0 Å². The Balaban J connectivity index is 1.29. The van der Waals surface area contributed by atoms with Crippen molar-refractivity contribution in [3.05, 3.63) is 47.9 Å². The number of amidine groups is 1. The van der Waals surface area contributed by atoms with Crippen LogP contribution in [-0.2, 0) is 15.9 Å². The van der Waals surface area contributed by atoms with Crippen molar-refractivity contribution in [2.75, 3.05) is 43.1 Å². The third-order valence-corrected chi connectivity index (χ3v) is 4.92. The molecule has 9 heteroatoms. The number of rotatable bonds is 6. The fourth-order valence-electron chi connectivity index (χ4n) is 3.26. The molecule has 1 atom stereocenters. The van der Waals surface area contributed by atoms with Gasteiger partial charge >= 0.3 is 0 Å². The molecule has 3 heterocycles. The van der Waals surface area contributed by atoms with Crippen molar-refractivity contribution in [1.29, 1.82) is 0 Å². The molecular weight excluding hydrogens is 372 g/mol. The number of nitrogens with two attached hydrogens (primary N) is 1. The average Bonchev–Trinajstić information content (AvgIpc) is 3.19. The largest absolute Gasteiger partial charge is 0.463 e. The van der Waals surface area contributed by atoms with Crippen LogP contribution in [0.1, 0.15) is 22.5 Å². The summed E-state index contributed by atoms with van der Waals surface area (Å²) in [5, 5.41) is 2.85. The highest BCUT2D eigenvalue weighted by molar-refractivity contribution is 6.02. The van der Waals surface area contributed by atoms with Crippen LogP contribution < -0.4 is 16.0 Å². The van der Waals surface area contributed by atoms with E-state index >= 15 is 0 Å². The zero-order valence-electron chi connectivity index (χ0n) is 16.1. The van der Waals surface area contributed by atoms with Crippen molar-refractivity contribution in [2.24, 2.45) is 10.7 Å². The number of carbonyl (C=O) groups excluding carboxylic acids is 1. The van der Waals surface area contributed by atoms with Crippen LogP contribution in [0.2, 0.25) is 0 Å². The van der Waals surface area contributed by atoms with Crippen LogP contribution in [0.4, 0.5) is 11.5 Å². The molecule has 1 aromatic carbocycles. The molecule has 2 aliphatic heterocycles. The van der Waals surface area contributed by atoms with Gasteiger partial charge in [0.1, 0.15) is 18.1 Å². The van der Waals surface area contributed by atoms with Crippen LogP contribution in [0.25, 0.3) is 0 Å². The summed E-state index contributed by atoms with van der Waals surface area (Å²) in [6, 6.07) is 8.14. The van der Waals surface area contributed by atoms with Crippen LogP contribution in [0.5, 0.6) is 0 Å². The summed E-state index contributed by atoms with van der Waals surface area (Å²) in [5.41, 5.74) is 7.68. The van der Waals surface area contributed by atoms with Gasteiger partial charge in [0.2, 0.25) is 0 Å². The van der Waals surface area contributed by atoms with E-state index in [0.29, 0.717) is 25.5 Å². The van der Waals surface area contributed by atoms with Crippen LogP contribution in [0.15, 0.2) is 41.7 Å². The van der Waals surface area contributed by atoms with Gasteiger partial charge in [0.25, 0.3) is 11.9 Å². The Bertz CT molecular complexity index is 863. The number of aliphatic imine (C=N–C) groups is 1. The van der Waals surface area contributed by atoms with E-state index in [4.69, 9.17) is 15.2 Å². The molecular formula is C20H24N6O3. The molecule has 2 aliphatic rings. The molecule has 0 radical (unpaired) electrons. The molecule has 9 nitrogen and oxygen atoms in total. The first-order valence-electron chi connectivity index (χ1n) is 9.68. The zero-order chi connectivity index (χ0) is 20.1. The maximum absolute atomic E-state index is 12.4. The number of hydrogen-bond donors (Lipinski definition) is 2. The minimum Gasteiger partial charge on any atom is -0.463 e. The second-order valence-corrected chi connectivity index (χ2v) is 6.98. The molecule has 1 saturated heterocycles. The summed E-state index contributed by atoms with van der Waals surface area (Å²) in [6.07, 6.45) is 4.88. The fourth-order valence-corrected chi connectivity index (χ4v) is 3.26. The van der Waals surface area contributed by atoms with Crippen LogP contribution in [0, 0.1) is 0 Å². The molecule has 1 aromatic heterocycles. The van der Waals surface area contributed by atoms with Crippen LogP contribution in [0.3, 0.4) is 0 Å². The van der Waals surface area contributed by atoms with Crippen molar-refractivity contribution < 1.29 is 14.3 Å². The highest BCUT2D eigenvalue weighted by Crippen LogP contribution is 2.16. The average molecular weight is 396 g/mol. The summed E-state index contributed by atoms with van der Waals surface area (Å²) in [5.74, 6) is 0.472. The standard InChI is InChI=1S/C20H24N6O3/c21-20-25-16(13-29-20)6-3-14-1-4-15(5-2-14)24-19(27)17-11-23-18(12-22-17)26-7-9-28-10-8-26/h1-2,4-5,11-12,16H,3,6-10,13H2,(H2,21,25)(H,24,27). The number of carbonyl (C=O) groups is 1. The number of morpholine rings is 1. The minimum absolute atomic E-state index is 0.119. The Morgan fingerprint density at radius 1 is 1.17 bits per heavy atom. The van der Waals surface area contributed by atoms with Crippen molar-refractivity contribution in [2.45, 2.75) is 18.9 Å². The van der Waals surface area contributed by atoms with Crippen molar-refractivity contribution in [3.63, 3.8) is 0 Å². The van der Waals surface area contributed by atoms with E-state index in [9.17, 15) is 4.79 Å². The Morgan fingerprint density at radius 3 is 2.62 bits per heavy atom. The molecule has 0 spiro atoms. The summed E-state index contributed by atoms with van der Waals surface area (Å²) in [4.78, 5) is 27.4. The number of ether oxygens (including phenoxy) is 2. The predicted molar refractivity (Wildman–Crippen MR) is 109 cm³/mol. The second kappa shape index (κ2) is 8.87. The number of benzene rings is 1. The van der Waals surface area contributed by atoms with Crippen LogP contribution >= 0.6 is 0 Å². The summed E-state index contributed by atoms with van der Waals surface area (Å²) in [6.45, 7) is 3.46. The van der Waals surface area contributed by atoms with Gasteiger partial charge in [-0.15, -0.1) is 0 Å². The van der Waals surface area contributed by atoms with E-state index in [-0.39, 0.29) is 23.7 Å². The second-order valence-electron chi connectivity index (χ2n) is 6.98. The number of aryl methyl sites for hydroxylation is 1. The molecule has 0 bridgehead atoms. The summed E-state index contributed by atoms with van der Waals surface area (Å²) < 4.78 is 10.5. The van der Waals surface area contributed by atoms with E-state index in [0.717, 1.165) is 31.7 Å². The lowest BCUT2D eigenvalue weighted by molar-refractivity contribution is 0.102. The zero-order valence-corrected chi connectivity index (χ0v) is 16.1. The lowest BCUT2D eigenvalue weighted by Gasteiger charge is -2.27. The molecule has 3 N–H and O–H groups in total. The number of hydrogen-bond acceptors (Lipinski definition) is 8. The Labute approximate surface area is 168 Å². The van der Waals surface area contributed by atoms with Gasteiger partial charge in [-0.25, -0.2) is 15.0 Å². The molecule has 0 aliphatic carbocycles. The SMILES string of the molecule is NC1=NC(CCc2ccc(NC(=O)c3cnc(N4CCOCC4)cn3)cc2)CO1. The minimum atomic E-state index is -0.285. The van der Waals surface area contributed by atoms with Gasteiger partial charge in [-0.3, -0.25) is 4.79 Å². The molecule has 4 rings (SSSR count). The van der Waals surface area contributed by atoms with Gasteiger partial charge < -0.3 is 25.4 Å². The monoisotopic (exact) mass is 396 g/mol. The molecule has 2 aromatic rings. The third kappa shape index (κ3) is 5.00. The number of anilines is 2. The molecule has 152 valence electrons. The molecule has 1 fully saturated rings. The fraction of sp³-hybridized carbons (Fsp3) is 0.400. The Morgan fingerprint density at radius 2 is 1.97 bits per heavy atom. The van der Waals surface area contributed by atoms with E-state index in [1.54, 1.807) is 6.20 Å². The molecule has 0 saturated carbocycles. The number of nitrogens with zero attached hydrogens (tertiary/aromatic N) is 4. The van der Waals surface area contributed by atoms with Gasteiger partial charge in [0, 0.05) is 18.8 Å². The summed E-state index contributed by atoms with van der Waals surface area (Å²) in [7, 11) is 0.